The average molecular weight is 171 g/mol. The van der Waals surface area contributed by atoms with Gasteiger partial charge in [-0.1, -0.05) is 0 Å². The summed E-state index contributed by atoms with van der Waals surface area (Å²) in [6.45, 7) is 1.97. The van der Waals surface area contributed by atoms with E-state index in [0.29, 0.717) is 19.4 Å². The molecule has 4 nitrogen and oxygen atoms in total. The van der Waals surface area contributed by atoms with Gasteiger partial charge in [-0.25, -0.2) is 0 Å². The van der Waals surface area contributed by atoms with Gasteiger partial charge in [0, 0.05) is 0 Å². The largest absolute Gasteiger partial charge is 0.465 e. The van der Waals surface area contributed by atoms with E-state index in [2.05, 4.69) is 0 Å². The van der Waals surface area contributed by atoms with Crippen LogP contribution >= 0.6 is 0 Å². The molecule has 1 saturated carbocycles. The Morgan fingerprint density at radius 2 is 2.08 bits per heavy atom. The third-order valence-corrected chi connectivity index (χ3v) is 2.14. The number of nitrogens with two attached hydrogens (primary N) is 1. The summed E-state index contributed by atoms with van der Waals surface area (Å²) in [7, 11) is 0. The molecular weight excluding hydrogens is 158 g/mol. The first-order valence-electron chi connectivity index (χ1n) is 4.08. The first kappa shape index (κ1) is 9.19. The topological polar surface area (TPSA) is 69.4 Å². The van der Waals surface area contributed by atoms with Crippen LogP contribution in [0.2, 0.25) is 0 Å². The Hall–Kier alpha value is -0.900. The molecule has 0 aromatic rings. The van der Waals surface area contributed by atoms with E-state index in [0.717, 1.165) is 0 Å². The van der Waals surface area contributed by atoms with Crippen molar-refractivity contribution in [1.29, 1.82) is 0 Å². The molecule has 0 heterocycles. The molecule has 4 heteroatoms. The minimum Gasteiger partial charge on any atom is -0.465 e. The number of Topliss-reactive ketones (excluding diaryl/α,β-unsaturated/α-hetero) is 1. The van der Waals surface area contributed by atoms with Gasteiger partial charge in [0.15, 0.2) is 5.78 Å². The Labute approximate surface area is 71.1 Å². The third kappa shape index (κ3) is 1.34. The summed E-state index contributed by atoms with van der Waals surface area (Å²) in [6, 6.07) is 0. The Morgan fingerprint density at radius 1 is 1.50 bits per heavy atom. The average Bonchev–Trinajstić information content (AvgIpc) is 2.84. The Morgan fingerprint density at radius 3 is 2.42 bits per heavy atom. The van der Waals surface area contributed by atoms with E-state index in [1.165, 1.54) is 0 Å². The van der Waals surface area contributed by atoms with Crippen LogP contribution in [0, 0.1) is 5.41 Å². The number of ketones is 1. The highest BCUT2D eigenvalue weighted by molar-refractivity contribution is 6.07. The summed E-state index contributed by atoms with van der Waals surface area (Å²) in [5, 5.41) is 0. The molecule has 0 saturated heterocycles. The summed E-state index contributed by atoms with van der Waals surface area (Å²) in [5.74, 6) is -0.596. The van der Waals surface area contributed by atoms with Gasteiger partial charge in [0.25, 0.3) is 0 Å². The van der Waals surface area contributed by atoms with Gasteiger partial charge in [0.05, 0.1) is 13.2 Å². The molecule has 0 amide bonds. The maximum Gasteiger partial charge on any atom is 0.319 e. The number of ether oxygens (including phenoxy) is 1. The van der Waals surface area contributed by atoms with Crippen molar-refractivity contribution >= 4 is 11.8 Å². The second-order valence-electron chi connectivity index (χ2n) is 2.93. The smallest absolute Gasteiger partial charge is 0.319 e. The first-order valence-corrected chi connectivity index (χ1v) is 4.08. The lowest BCUT2D eigenvalue weighted by Gasteiger charge is -2.10. The fourth-order valence-corrected chi connectivity index (χ4v) is 1.19. The molecule has 68 valence electrons. The Kier molecular flexibility index (Phi) is 2.47. The number of esters is 1. The normalized spacial score (nSPS) is 18.5. The predicted octanol–water partition coefficient (Wildman–Crippen LogP) is -0.143. The zero-order valence-corrected chi connectivity index (χ0v) is 7.13. The van der Waals surface area contributed by atoms with Gasteiger partial charge in [-0.3, -0.25) is 9.59 Å². The number of carbonyl (C=O) groups is 2. The van der Waals surface area contributed by atoms with Crippen molar-refractivity contribution in [2.24, 2.45) is 11.1 Å². The van der Waals surface area contributed by atoms with Gasteiger partial charge >= 0.3 is 5.97 Å². The molecule has 0 radical (unpaired) electrons. The summed E-state index contributed by atoms with van der Waals surface area (Å²) < 4.78 is 4.78. The van der Waals surface area contributed by atoms with Crippen molar-refractivity contribution in [2.45, 2.75) is 19.8 Å². The van der Waals surface area contributed by atoms with Crippen molar-refractivity contribution in [3.63, 3.8) is 0 Å². The molecule has 1 aliphatic carbocycles. The maximum absolute atomic E-state index is 11.2. The zero-order valence-electron chi connectivity index (χ0n) is 7.13. The molecule has 0 bridgehead atoms. The fourth-order valence-electron chi connectivity index (χ4n) is 1.19. The SMILES string of the molecule is CCOC(=O)C1(C(=O)CN)CC1. The highest BCUT2D eigenvalue weighted by atomic mass is 16.5. The molecule has 0 atom stereocenters. The summed E-state index contributed by atoms with van der Waals surface area (Å²) in [4.78, 5) is 22.4. The third-order valence-electron chi connectivity index (χ3n) is 2.14. The van der Waals surface area contributed by atoms with E-state index in [-0.39, 0.29) is 12.3 Å². The van der Waals surface area contributed by atoms with Crippen LogP contribution in [-0.2, 0) is 14.3 Å². The van der Waals surface area contributed by atoms with Crippen LogP contribution in [0.15, 0.2) is 0 Å². The van der Waals surface area contributed by atoms with E-state index in [1.807, 2.05) is 0 Å². The van der Waals surface area contributed by atoms with Gasteiger partial charge in [-0.05, 0) is 19.8 Å². The molecular formula is C8H13NO3. The van der Waals surface area contributed by atoms with Crippen molar-refractivity contribution in [3.8, 4) is 0 Å². The van der Waals surface area contributed by atoms with E-state index >= 15 is 0 Å². The quantitative estimate of drug-likeness (QED) is 0.472. The molecule has 2 N–H and O–H groups in total. The molecule has 0 spiro atoms. The van der Waals surface area contributed by atoms with Crippen LogP contribution in [0.25, 0.3) is 0 Å². The van der Waals surface area contributed by atoms with Gasteiger partial charge in [-0.2, -0.15) is 0 Å². The molecule has 0 unspecified atom stereocenters. The van der Waals surface area contributed by atoms with Crippen molar-refractivity contribution in [2.75, 3.05) is 13.2 Å². The number of hydrogen-bond acceptors (Lipinski definition) is 4. The van der Waals surface area contributed by atoms with Crippen molar-refractivity contribution in [3.05, 3.63) is 0 Å². The Balaban J connectivity index is 2.60. The lowest BCUT2D eigenvalue weighted by molar-refractivity contribution is -0.153. The zero-order chi connectivity index (χ0) is 9.19. The van der Waals surface area contributed by atoms with E-state index in [9.17, 15) is 9.59 Å². The monoisotopic (exact) mass is 171 g/mol. The highest BCUT2D eigenvalue weighted by Crippen LogP contribution is 2.47. The standard InChI is InChI=1S/C8H13NO3/c1-2-12-7(11)8(3-4-8)6(10)5-9/h2-5,9H2,1H3. The predicted molar refractivity (Wildman–Crippen MR) is 42.4 cm³/mol. The van der Waals surface area contributed by atoms with Gasteiger partial charge in [0.2, 0.25) is 0 Å². The summed E-state index contributed by atoms with van der Waals surface area (Å²) in [5.41, 5.74) is 4.32. The minimum absolute atomic E-state index is 0.0706. The fraction of sp³-hybridized carbons (Fsp3) is 0.750. The van der Waals surface area contributed by atoms with Gasteiger partial charge < -0.3 is 10.5 Å². The van der Waals surface area contributed by atoms with Crippen molar-refractivity contribution in [1.82, 2.24) is 0 Å². The second-order valence-corrected chi connectivity index (χ2v) is 2.93. The lowest BCUT2D eigenvalue weighted by Crippen LogP contribution is -2.32. The molecule has 1 aliphatic rings. The summed E-state index contributed by atoms with van der Waals surface area (Å²) in [6.07, 6.45) is 1.20. The Bertz CT molecular complexity index is 208. The first-order chi connectivity index (χ1) is 5.67. The number of rotatable bonds is 4. The molecule has 12 heavy (non-hydrogen) atoms. The molecule has 1 fully saturated rings. The second kappa shape index (κ2) is 3.23. The van der Waals surface area contributed by atoms with Crippen LogP contribution < -0.4 is 5.73 Å². The minimum atomic E-state index is -0.856. The van der Waals surface area contributed by atoms with Crippen LogP contribution in [0.5, 0.6) is 0 Å². The van der Waals surface area contributed by atoms with Gasteiger partial charge in [-0.15, -0.1) is 0 Å². The highest BCUT2D eigenvalue weighted by Gasteiger charge is 2.56. The summed E-state index contributed by atoms with van der Waals surface area (Å²) >= 11 is 0. The van der Waals surface area contributed by atoms with Gasteiger partial charge in [0.1, 0.15) is 5.41 Å². The van der Waals surface area contributed by atoms with Crippen LogP contribution in [0.1, 0.15) is 19.8 Å². The molecule has 0 aromatic heterocycles. The van der Waals surface area contributed by atoms with Crippen LogP contribution in [-0.4, -0.2) is 24.9 Å². The lowest BCUT2D eigenvalue weighted by atomic mass is 10.0. The molecule has 0 aromatic carbocycles. The number of hydrogen-bond donors (Lipinski definition) is 1. The van der Waals surface area contributed by atoms with Crippen molar-refractivity contribution < 1.29 is 14.3 Å². The maximum atomic E-state index is 11.2. The number of carbonyl (C=O) groups excluding carboxylic acids is 2. The molecule has 1 rings (SSSR count). The van der Waals surface area contributed by atoms with E-state index in [4.69, 9.17) is 10.5 Å². The van der Waals surface area contributed by atoms with E-state index in [1.54, 1.807) is 6.92 Å². The van der Waals surface area contributed by atoms with Crippen LogP contribution in [0.3, 0.4) is 0 Å². The molecule has 0 aliphatic heterocycles. The van der Waals surface area contributed by atoms with Crippen LogP contribution in [0.4, 0.5) is 0 Å². The van der Waals surface area contributed by atoms with E-state index < -0.39 is 11.4 Å².